The van der Waals surface area contributed by atoms with E-state index < -0.39 is 28.9 Å². The van der Waals surface area contributed by atoms with E-state index in [-0.39, 0.29) is 48.6 Å². The molecule has 2 aromatic rings. The van der Waals surface area contributed by atoms with Crippen LogP contribution in [0, 0.1) is 28.6 Å². The number of fused-ring (bicyclic) bond motifs is 3. The van der Waals surface area contributed by atoms with Crippen molar-refractivity contribution in [1.82, 2.24) is 25.4 Å². The lowest BCUT2D eigenvalue weighted by Gasteiger charge is -2.50. The Bertz CT molecular complexity index is 1330. The van der Waals surface area contributed by atoms with Crippen molar-refractivity contribution in [2.24, 2.45) is 28.6 Å². The molecule has 4 aliphatic heterocycles. The third-order valence-corrected chi connectivity index (χ3v) is 9.45. The Balaban J connectivity index is 1.33. The largest absolute Gasteiger partial charge is 0.371 e. The summed E-state index contributed by atoms with van der Waals surface area (Å²) in [5.74, 6) is -1.99. The van der Waals surface area contributed by atoms with Crippen LogP contribution in [0.25, 0.3) is 0 Å². The molecule has 1 saturated carbocycles. The maximum Gasteiger partial charge on any atom is 0.255 e. The quantitative estimate of drug-likeness (QED) is 0.580. The van der Waals surface area contributed by atoms with Crippen molar-refractivity contribution < 1.29 is 23.9 Å². The number of hydrogen-bond donors (Lipinski definition) is 2. The Kier molecular flexibility index (Phi) is 6.40. The molecule has 4 saturated heterocycles. The summed E-state index contributed by atoms with van der Waals surface area (Å²) in [6.07, 6.45) is 2.41. The van der Waals surface area contributed by atoms with Crippen LogP contribution in [0.5, 0.6) is 0 Å². The number of benzene rings is 1. The number of amides is 4. The summed E-state index contributed by atoms with van der Waals surface area (Å²) in [5.41, 5.74) is 0.413. The van der Waals surface area contributed by atoms with E-state index in [0.29, 0.717) is 25.2 Å². The molecule has 2 bridgehead atoms. The Hall–Kier alpha value is -3.79. The van der Waals surface area contributed by atoms with E-state index in [1.807, 2.05) is 49.1 Å². The Morgan fingerprint density at radius 2 is 1.85 bits per heavy atom. The highest BCUT2D eigenvalue weighted by Crippen LogP contribution is 2.63. The first-order chi connectivity index (χ1) is 19.2. The van der Waals surface area contributed by atoms with Gasteiger partial charge >= 0.3 is 0 Å². The van der Waals surface area contributed by atoms with Gasteiger partial charge in [0.05, 0.1) is 24.2 Å². The third kappa shape index (κ3) is 4.25. The molecule has 210 valence electrons. The number of nitrogens with zero attached hydrogens (tertiary/aromatic N) is 3. The van der Waals surface area contributed by atoms with E-state index in [1.165, 1.54) is 13.2 Å². The van der Waals surface area contributed by atoms with E-state index in [2.05, 4.69) is 15.6 Å². The molecule has 5 atom stereocenters. The van der Waals surface area contributed by atoms with Gasteiger partial charge in [-0.15, -0.1) is 0 Å². The lowest BCUT2D eigenvalue weighted by atomic mass is 9.71. The molecule has 1 spiro atoms. The van der Waals surface area contributed by atoms with Gasteiger partial charge in [0.25, 0.3) is 5.91 Å². The molecule has 7 rings (SSSR count). The number of rotatable bonds is 5. The van der Waals surface area contributed by atoms with Gasteiger partial charge in [-0.05, 0) is 23.1 Å². The van der Waals surface area contributed by atoms with E-state index in [4.69, 9.17) is 4.74 Å². The Morgan fingerprint density at radius 1 is 1.10 bits per heavy atom. The SMILES string of the molecule is CNC(=O)[C@H]1NC(=O)[C@@H]2CN(C(=O)c3cccnc3)CC23CN(C3)C(=O)[C@H]2C([C@H]1OCc1ccccc1)C2(C)C. The van der Waals surface area contributed by atoms with Crippen molar-refractivity contribution in [2.75, 3.05) is 33.2 Å². The Morgan fingerprint density at radius 3 is 2.52 bits per heavy atom. The second-order valence-corrected chi connectivity index (χ2v) is 12.2. The predicted octanol–water partition coefficient (Wildman–Crippen LogP) is 1.08. The molecule has 10 heteroatoms. The molecule has 2 N–H and O–H groups in total. The molecule has 5 heterocycles. The highest BCUT2D eigenvalue weighted by molar-refractivity contribution is 5.96. The summed E-state index contributed by atoms with van der Waals surface area (Å²) >= 11 is 0. The van der Waals surface area contributed by atoms with Gasteiger partial charge in [0.1, 0.15) is 6.04 Å². The van der Waals surface area contributed by atoms with E-state index >= 15 is 0 Å². The molecule has 5 fully saturated rings. The number of likely N-dealkylation sites (tertiary alicyclic amines) is 1. The fourth-order valence-electron chi connectivity index (χ4n) is 7.19. The van der Waals surface area contributed by atoms with Gasteiger partial charge in [-0.2, -0.15) is 0 Å². The highest BCUT2D eigenvalue weighted by atomic mass is 16.5. The molecular formula is C30H35N5O5. The first-order valence-corrected chi connectivity index (χ1v) is 13.8. The van der Waals surface area contributed by atoms with Gasteiger partial charge in [0.2, 0.25) is 17.7 Å². The number of aromatic nitrogens is 1. The molecule has 0 radical (unpaired) electrons. The molecular weight excluding hydrogens is 510 g/mol. The molecule has 5 aliphatic rings. The van der Waals surface area contributed by atoms with Gasteiger partial charge < -0.3 is 25.2 Å². The normalized spacial score (nSPS) is 29.7. The summed E-state index contributed by atoms with van der Waals surface area (Å²) < 4.78 is 6.42. The monoisotopic (exact) mass is 545 g/mol. The van der Waals surface area contributed by atoms with Crippen LogP contribution in [-0.4, -0.2) is 83.8 Å². The zero-order valence-corrected chi connectivity index (χ0v) is 23.0. The molecule has 1 unspecified atom stereocenters. The van der Waals surface area contributed by atoms with Gasteiger partial charge in [-0.3, -0.25) is 24.2 Å². The maximum absolute atomic E-state index is 14.0. The number of carbonyl (C=O) groups excluding carboxylic acids is 4. The van der Waals surface area contributed by atoms with Crippen molar-refractivity contribution in [3.63, 3.8) is 0 Å². The predicted molar refractivity (Wildman–Crippen MR) is 144 cm³/mol. The highest BCUT2D eigenvalue weighted by Gasteiger charge is 2.70. The van der Waals surface area contributed by atoms with Crippen LogP contribution in [0.1, 0.15) is 29.8 Å². The van der Waals surface area contributed by atoms with Crippen molar-refractivity contribution in [3.05, 3.63) is 66.0 Å². The standard InChI is InChI=1S/C30H35N5O5/c1-29(2)21-22(29)28(39)35-16-30(17-35)15-34(27(38)19-10-7-11-32-12-19)13-20(30)25(36)33-23(26(37)31-3)24(21)40-14-18-8-5-4-6-9-18/h4-12,20-24H,13-17H2,1-3H3,(H,31,37)(H,33,36)/t20-,21?,22+,23-,24+/m0/s1. The number of likely N-dealkylation sites (N-methyl/N-ethyl adjacent to an activating group) is 1. The van der Waals surface area contributed by atoms with Crippen LogP contribution < -0.4 is 10.6 Å². The summed E-state index contributed by atoms with van der Waals surface area (Å²) in [6.45, 7) is 5.66. The third-order valence-electron chi connectivity index (χ3n) is 9.45. The topological polar surface area (TPSA) is 121 Å². The van der Waals surface area contributed by atoms with Crippen molar-refractivity contribution in [1.29, 1.82) is 0 Å². The van der Waals surface area contributed by atoms with Crippen molar-refractivity contribution in [2.45, 2.75) is 32.6 Å². The smallest absolute Gasteiger partial charge is 0.255 e. The van der Waals surface area contributed by atoms with E-state index in [1.54, 1.807) is 23.2 Å². The minimum Gasteiger partial charge on any atom is -0.371 e. The lowest BCUT2D eigenvalue weighted by molar-refractivity contribution is -0.151. The van der Waals surface area contributed by atoms with E-state index in [9.17, 15) is 19.2 Å². The number of carbonyl (C=O) groups is 4. The van der Waals surface area contributed by atoms with Crippen molar-refractivity contribution >= 4 is 23.6 Å². The number of ether oxygens (including phenoxy) is 1. The minimum atomic E-state index is -0.992. The van der Waals surface area contributed by atoms with Crippen LogP contribution in [-0.2, 0) is 25.7 Å². The lowest BCUT2D eigenvalue weighted by Crippen LogP contribution is -2.65. The van der Waals surface area contributed by atoms with Crippen LogP contribution in [0.4, 0.5) is 0 Å². The summed E-state index contributed by atoms with van der Waals surface area (Å²) in [6, 6.07) is 12.1. The maximum atomic E-state index is 14.0. The zero-order chi connectivity index (χ0) is 28.2. The van der Waals surface area contributed by atoms with Crippen LogP contribution in [0.15, 0.2) is 54.9 Å². The fourth-order valence-corrected chi connectivity index (χ4v) is 7.19. The van der Waals surface area contributed by atoms with Crippen LogP contribution >= 0.6 is 0 Å². The Labute approximate surface area is 233 Å². The molecule has 1 aromatic heterocycles. The molecule has 10 nitrogen and oxygen atoms in total. The summed E-state index contributed by atoms with van der Waals surface area (Å²) in [5, 5.41) is 5.71. The van der Waals surface area contributed by atoms with Crippen molar-refractivity contribution in [3.8, 4) is 0 Å². The first-order valence-electron chi connectivity index (χ1n) is 13.8. The first kappa shape index (κ1) is 26.4. The van der Waals surface area contributed by atoms with Gasteiger partial charge in [0.15, 0.2) is 0 Å². The second kappa shape index (κ2) is 9.69. The fraction of sp³-hybridized carbons (Fsp3) is 0.500. The van der Waals surface area contributed by atoms with Gasteiger partial charge in [-0.25, -0.2) is 0 Å². The number of hydrogen-bond acceptors (Lipinski definition) is 6. The van der Waals surface area contributed by atoms with Gasteiger partial charge in [0, 0.05) is 62.9 Å². The number of pyridine rings is 1. The summed E-state index contributed by atoms with van der Waals surface area (Å²) in [4.78, 5) is 62.0. The minimum absolute atomic E-state index is 0.0229. The number of nitrogens with one attached hydrogen (secondary N) is 2. The average molecular weight is 546 g/mol. The molecule has 1 aromatic carbocycles. The van der Waals surface area contributed by atoms with Crippen LogP contribution in [0.2, 0.25) is 0 Å². The second-order valence-electron chi connectivity index (χ2n) is 12.2. The average Bonchev–Trinajstić information content (AvgIpc) is 3.30. The zero-order valence-electron chi connectivity index (χ0n) is 23.0. The van der Waals surface area contributed by atoms with Crippen LogP contribution in [0.3, 0.4) is 0 Å². The molecule has 40 heavy (non-hydrogen) atoms. The molecule has 1 aliphatic carbocycles. The van der Waals surface area contributed by atoms with E-state index in [0.717, 1.165) is 5.56 Å². The molecule has 4 amide bonds. The van der Waals surface area contributed by atoms with Gasteiger partial charge in [-0.1, -0.05) is 44.2 Å². The summed E-state index contributed by atoms with van der Waals surface area (Å²) in [7, 11) is 1.53.